The molecule has 0 fully saturated rings. The Labute approximate surface area is 93.8 Å². The van der Waals surface area contributed by atoms with Crippen LogP contribution in [-0.4, -0.2) is 4.98 Å². The van der Waals surface area contributed by atoms with Crippen molar-refractivity contribution in [3.05, 3.63) is 43.4 Å². The van der Waals surface area contributed by atoms with Crippen LogP contribution in [0.2, 0.25) is 0 Å². The Morgan fingerprint density at radius 1 is 1.20 bits per heavy atom. The highest BCUT2D eigenvalue weighted by atomic mass is 14.9. The third kappa shape index (κ3) is 6.49. The van der Waals surface area contributed by atoms with E-state index in [1.165, 1.54) is 0 Å². The monoisotopic (exact) mass is 206 g/mol. The molecule has 0 saturated heterocycles. The fourth-order valence-corrected chi connectivity index (χ4v) is 0.814. The molecular weight excluding hydrogens is 184 g/mol. The van der Waals surface area contributed by atoms with Crippen molar-refractivity contribution in [1.29, 1.82) is 0 Å². The second-order valence-electron chi connectivity index (χ2n) is 2.02. The molecule has 84 valence electrons. The molecule has 2 heteroatoms. The van der Waals surface area contributed by atoms with Crippen molar-refractivity contribution in [2.75, 3.05) is 5.32 Å². The largest absolute Gasteiger partial charge is 0.361 e. The van der Waals surface area contributed by atoms with Crippen LogP contribution in [0.3, 0.4) is 0 Å². The summed E-state index contributed by atoms with van der Waals surface area (Å²) in [6, 6.07) is 1.89. The molecule has 1 aromatic heterocycles. The van der Waals surface area contributed by atoms with Gasteiger partial charge in [0.1, 0.15) is 0 Å². The Kier molecular flexibility index (Phi) is 13.2. The zero-order chi connectivity index (χ0) is 12.1. The molecule has 0 aliphatic rings. The van der Waals surface area contributed by atoms with Crippen molar-refractivity contribution < 1.29 is 0 Å². The summed E-state index contributed by atoms with van der Waals surface area (Å²) in [5.41, 5.74) is 1.96. The minimum Gasteiger partial charge on any atom is -0.361 e. The first kappa shape index (κ1) is 15.9. The lowest BCUT2D eigenvalue weighted by Crippen LogP contribution is -1.89. The van der Waals surface area contributed by atoms with Crippen LogP contribution in [-0.2, 0) is 0 Å². The van der Waals surface area contributed by atoms with E-state index in [1.807, 2.05) is 33.8 Å². The van der Waals surface area contributed by atoms with Gasteiger partial charge in [0, 0.05) is 11.8 Å². The quantitative estimate of drug-likeness (QED) is 0.796. The van der Waals surface area contributed by atoms with Gasteiger partial charge in [0.05, 0.1) is 11.9 Å². The van der Waals surface area contributed by atoms with E-state index >= 15 is 0 Å². The van der Waals surface area contributed by atoms with Crippen LogP contribution in [0.5, 0.6) is 0 Å². The summed E-state index contributed by atoms with van der Waals surface area (Å²) in [6.45, 7) is 15.2. The Hall–Kier alpha value is -1.57. The highest BCUT2D eigenvalue weighted by molar-refractivity contribution is 5.64. The SMILES string of the molecule is C=CNc1cnccc1C=C.CC.CC. The number of hydrogen-bond donors (Lipinski definition) is 1. The average molecular weight is 206 g/mol. The number of anilines is 1. The summed E-state index contributed by atoms with van der Waals surface area (Å²) in [7, 11) is 0. The van der Waals surface area contributed by atoms with Gasteiger partial charge in [0.25, 0.3) is 0 Å². The minimum absolute atomic E-state index is 0.928. The van der Waals surface area contributed by atoms with E-state index in [1.54, 1.807) is 24.7 Å². The fraction of sp³-hybridized carbons (Fsp3) is 0.308. The smallest absolute Gasteiger partial charge is 0.0639 e. The zero-order valence-corrected chi connectivity index (χ0v) is 10.2. The van der Waals surface area contributed by atoms with Crippen LogP contribution in [0.4, 0.5) is 5.69 Å². The molecule has 0 unspecified atom stereocenters. The summed E-state index contributed by atoms with van der Waals surface area (Å²) >= 11 is 0. The van der Waals surface area contributed by atoms with Crippen LogP contribution < -0.4 is 5.32 Å². The van der Waals surface area contributed by atoms with Crippen LogP contribution in [0.15, 0.2) is 37.8 Å². The van der Waals surface area contributed by atoms with Gasteiger partial charge in [-0.05, 0) is 12.3 Å². The number of hydrogen-bond acceptors (Lipinski definition) is 2. The number of pyridine rings is 1. The normalized spacial score (nSPS) is 7.20. The van der Waals surface area contributed by atoms with Crippen molar-refractivity contribution in [1.82, 2.24) is 4.98 Å². The van der Waals surface area contributed by atoms with Crippen molar-refractivity contribution in [3.8, 4) is 0 Å². The van der Waals surface area contributed by atoms with E-state index in [0.29, 0.717) is 0 Å². The maximum atomic E-state index is 3.95. The van der Waals surface area contributed by atoms with Gasteiger partial charge < -0.3 is 5.32 Å². The van der Waals surface area contributed by atoms with Gasteiger partial charge in [-0.15, -0.1) is 0 Å². The van der Waals surface area contributed by atoms with Crippen LogP contribution in [0, 0.1) is 0 Å². The summed E-state index contributed by atoms with van der Waals surface area (Å²) in [6.07, 6.45) is 6.85. The Morgan fingerprint density at radius 2 is 1.80 bits per heavy atom. The van der Waals surface area contributed by atoms with E-state index in [0.717, 1.165) is 11.3 Å². The topological polar surface area (TPSA) is 24.9 Å². The van der Waals surface area contributed by atoms with Crippen LogP contribution in [0.25, 0.3) is 6.08 Å². The maximum Gasteiger partial charge on any atom is 0.0639 e. The molecular formula is C13H22N2. The van der Waals surface area contributed by atoms with Gasteiger partial charge in [0.15, 0.2) is 0 Å². The van der Waals surface area contributed by atoms with Gasteiger partial charge in [-0.3, -0.25) is 4.98 Å². The summed E-state index contributed by atoms with van der Waals surface area (Å²) in [5, 5.41) is 2.96. The average Bonchev–Trinajstić information content (AvgIpc) is 2.35. The minimum atomic E-state index is 0.928. The molecule has 0 aromatic carbocycles. The van der Waals surface area contributed by atoms with Gasteiger partial charge in [-0.25, -0.2) is 0 Å². The molecule has 0 saturated carbocycles. The highest BCUT2D eigenvalue weighted by Crippen LogP contribution is 2.13. The molecule has 0 atom stereocenters. The predicted molar refractivity (Wildman–Crippen MR) is 70.8 cm³/mol. The van der Waals surface area contributed by atoms with E-state index in [2.05, 4.69) is 23.5 Å². The van der Waals surface area contributed by atoms with Crippen molar-refractivity contribution >= 4 is 11.8 Å². The lowest BCUT2D eigenvalue weighted by molar-refractivity contribution is 1.31. The Bertz CT molecular complexity index is 267. The van der Waals surface area contributed by atoms with Gasteiger partial charge in [-0.1, -0.05) is 46.9 Å². The molecule has 1 N–H and O–H groups in total. The predicted octanol–water partition coefficient (Wildman–Crippen LogP) is 4.33. The summed E-state index contributed by atoms with van der Waals surface area (Å²) in [5.74, 6) is 0. The summed E-state index contributed by atoms with van der Waals surface area (Å²) < 4.78 is 0. The zero-order valence-electron chi connectivity index (χ0n) is 10.2. The van der Waals surface area contributed by atoms with Crippen molar-refractivity contribution in [2.24, 2.45) is 0 Å². The number of aromatic nitrogens is 1. The van der Waals surface area contributed by atoms with Gasteiger partial charge in [0.2, 0.25) is 0 Å². The fourth-order valence-electron chi connectivity index (χ4n) is 0.814. The van der Waals surface area contributed by atoms with Crippen LogP contribution in [0.1, 0.15) is 33.3 Å². The second kappa shape index (κ2) is 12.4. The van der Waals surface area contributed by atoms with Gasteiger partial charge in [-0.2, -0.15) is 0 Å². The van der Waals surface area contributed by atoms with Crippen LogP contribution >= 0.6 is 0 Å². The Balaban J connectivity index is 0. The molecule has 0 bridgehead atoms. The molecule has 15 heavy (non-hydrogen) atoms. The molecule has 0 aliphatic heterocycles. The van der Waals surface area contributed by atoms with Gasteiger partial charge >= 0.3 is 0 Å². The second-order valence-corrected chi connectivity index (χ2v) is 2.02. The molecule has 1 heterocycles. The first-order chi connectivity index (χ1) is 7.38. The molecule has 0 amide bonds. The number of rotatable bonds is 3. The maximum absolute atomic E-state index is 3.95. The third-order valence-electron chi connectivity index (χ3n) is 1.33. The summed E-state index contributed by atoms with van der Waals surface area (Å²) in [4.78, 5) is 3.95. The van der Waals surface area contributed by atoms with Crippen molar-refractivity contribution in [2.45, 2.75) is 27.7 Å². The first-order valence-corrected chi connectivity index (χ1v) is 5.32. The third-order valence-corrected chi connectivity index (χ3v) is 1.33. The van der Waals surface area contributed by atoms with E-state index < -0.39 is 0 Å². The molecule has 0 radical (unpaired) electrons. The molecule has 1 rings (SSSR count). The molecule has 2 nitrogen and oxygen atoms in total. The molecule has 1 aromatic rings. The highest BCUT2D eigenvalue weighted by Gasteiger charge is 1.93. The lowest BCUT2D eigenvalue weighted by Gasteiger charge is -2.02. The molecule has 0 aliphatic carbocycles. The van der Waals surface area contributed by atoms with E-state index in [-0.39, 0.29) is 0 Å². The molecule has 0 spiro atoms. The van der Waals surface area contributed by atoms with E-state index in [4.69, 9.17) is 0 Å². The first-order valence-electron chi connectivity index (χ1n) is 5.32. The lowest BCUT2D eigenvalue weighted by atomic mass is 10.2. The van der Waals surface area contributed by atoms with Crippen molar-refractivity contribution in [3.63, 3.8) is 0 Å². The Morgan fingerprint density at radius 3 is 2.27 bits per heavy atom. The standard InChI is InChI=1S/C9H10N2.2C2H6/c1-3-8-5-6-10-7-9(8)11-4-2;2*1-2/h3-7,11H,1-2H2;2*1-2H3. The number of nitrogens with one attached hydrogen (secondary N) is 1. The van der Waals surface area contributed by atoms with E-state index in [9.17, 15) is 0 Å². The number of nitrogens with zero attached hydrogens (tertiary/aromatic N) is 1.